The molecule has 0 saturated carbocycles. The van der Waals surface area contributed by atoms with Crippen molar-refractivity contribution in [2.75, 3.05) is 26.4 Å². The number of carboxylic acids is 1. The number of carbonyl (C=O) groups excluding carboxylic acids is 1. The molecule has 0 aromatic heterocycles. The summed E-state index contributed by atoms with van der Waals surface area (Å²) in [5, 5.41) is 19.7. The molecular formula is C13H14N2O5. The summed E-state index contributed by atoms with van der Waals surface area (Å²) in [5.74, 6) is -1.10. The molecular weight excluding hydrogens is 264 g/mol. The van der Waals surface area contributed by atoms with Crippen LogP contribution in [0.2, 0.25) is 0 Å². The predicted molar refractivity (Wildman–Crippen MR) is 68.1 cm³/mol. The SMILES string of the molecule is N#Cc1ccccc1OCC(=O)NCCOCC(=O)O. The highest BCUT2D eigenvalue weighted by atomic mass is 16.5. The van der Waals surface area contributed by atoms with Crippen molar-refractivity contribution in [3.05, 3.63) is 29.8 Å². The summed E-state index contributed by atoms with van der Waals surface area (Å²) in [6.45, 7) is -0.332. The Morgan fingerprint density at radius 1 is 1.30 bits per heavy atom. The van der Waals surface area contributed by atoms with Gasteiger partial charge >= 0.3 is 5.97 Å². The van der Waals surface area contributed by atoms with Gasteiger partial charge in [-0.3, -0.25) is 4.79 Å². The number of carboxylic acid groups (broad SMARTS) is 1. The van der Waals surface area contributed by atoms with Crippen LogP contribution in [0.25, 0.3) is 0 Å². The van der Waals surface area contributed by atoms with Crippen molar-refractivity contribution in [2.24, 2.45) is 0 Å². The van der Waals surface area contributed by atoms with Crippen LogP contribution in [0.1, 0.15) is 5.56 Å². The number of nitriles is 1. The van der Waals surface area contributed by atoms with Crippen LogP contribution in [-0.4, -0.2) is 43.3 Å². The van der Waals surface area contributed by atoms with E-state index in [4.69, 9.17) is 19.8 Å². The number of benzene rings is 1. The Kier molecular flexibility index (Phi) is 6.57. The lowest BCUT2D eigenvalue weighted by atomic mass is 10.2. The molecule has 0 spiro atoms. The second-order valence-electron chi connectivity index (χ2n) is 3.69. The normalized spacial score (nSPS) is 9.55. The van der Waals surface area contributed by atoms with E-state index in [9.17, 15) is 9.59 Å². The second-order valence-corrected chi connectivity index (χ2v) is 3.69. The van der Waals surface area contributed by atoms with Crippen LogP contribution in [0.15, 0.2) is 24.3 Å². The highest BCUT2D eigenvalue weighted by Gasteiger charge is 2.05. The molecule has 0 aliphatic heterocycles. The summed E-state index contributed by atoms with van der Waals surface area (Å²) in [6.07, 6.45) is 0. The molecule has 7 heteroatoms. The summed E-state index contributed by atoms with van der Waals surface area (Å²) in [4.78, 5) is 21.6. The van der Waals surface area contributed by atoms with Crippen LogP contribution >= 0.6 is 0 Å². The Morgan fingerprint density at radius 3 is 2.75 bits per heavy atom. The minimum absolute atomic E-state index is 0.104. The van der Waals surface area contributed by atoms with E-state index in [2.05, 4.69) is 5.32 Å². The van der Waals surface area contributed by atoms with Gasteiger partial charge in [-0.25, -0.2) is 4.79 Å². The zero-order valence-electron chi connectivity index (χ0n) is 10.7. The Morgan fingerprint density at radius 2 is 2.05 bits per heavy atom. The number of hydrogen-bond acceptors (Lipinski definition) is 5. The van der Waals surface area contributed by atoms with Crippen LogP contribution in [-0.2, 0) is 14.3 Å². The number of nitrogens with zero attached hydrogens (tertiary/aromatic N) is 1. The van der Waals surface area contributed by atoms with E-state index < -0.39 is 12.6 Å². The Bertz CT molecular complexity index is 510. The van der Waals surface area contributed by atoms with Gasteiger partial charge in [0.1, 0.15) is 18.4 Å². The molecule has 0 bridgehead atoms. The number of para-hydroxylation sites is 1. The third-order valence-corrected chi connectivity index (χ3v) is 2.16. The lowest BCUT2D eigenvalue weighted by Gasteiger charge is -2.08. The van der Waals surface area contributed by atoms with E-state index in [-0.39, 0.29) is 25.7 Å². The standard InChI is InChI=1S/C13H14N2O5/c14-7-10-3-1-2-4-11(10)20-8-12(16)15-5-6-19-9-13(17)18/h1-4H,5-6,8-9H2,(H,15,16)(H,17,18). The molecule has 2 N–H and O–H groups in total. The average molecular weight is 278 g/mol. The van der Waals surface area contributed by atoms with Gasteiger partial charge in [-0.1, -0.05) is 12.1 Å². The number of amides is 1. The molecule has 0 aliphatic carbocycles. The van der Waals surface area contributed by atoms with E-state index in [1.807, 2.05) is 6.07 Å². The van der Waals surface area contributed by atoms with Crippen LogP contribution in [0.5, 0.6) is 5.75 Å². The lowest BCUT2D eigenvalue weighted by molar-refractivity contribution is -0.142. The fourth-order valence-electron chi connectivity index (χ4n) is 1.30. The fourth-order valence-corrected chi connectivity index (χ4v) is 1.30. The molecule has 0 radical (unpaired) electrons. The molecule has 20 heavy (non-hydrogen) atoms. The number of aliphatic carboxylic acids is 1. The van der Waals surface area contributed by atoms with Gasteiger partial charge in [-0.15, -0.1) is 0 Å². The minimum atomic E-state index is -1.06. The monoisotopic (exact) mass is 278 g/mol. The van der Waals surface area contributed by atoms with E-state index in [0.29, 0.717) is 11.3 Å². The minimum Gasteiger partial charge on any atom is -0.482 e. The summed E-state index contributed by atoms with van der Waals surface area (Å²) in [7, 11) is 0. The van der Waals surface area contributed by atoms with Crippen molar-refractivity contribution in [3.8, 4) is 11.8 Å². The summed E-state index contributed by atoms with van der Waals surface area (Å²) >= 11 is 0. The molecule has 0 heterocycles. The molecule has 1 aromatic rings. The van der Waals surface area contributed by atoms with Gasteiger partial charge in [-0.2, -0.15) is 5.26 Å². The third-order valence-electron chi connectivity index (χ3n) is 2.16. The third kappa shape index (κ3) is 5.84. The van der Waals surface area contributed by atoms with Crippen LogP contribution in [0.4, 0.5) is 0 Å². The van der Waals surface area contributed by atoms with Gasteiger partial charge in [0.25, 0.3) is 5.91 Å². The highest BCUT2D eigenvalue weighted by Crippen LogP contribution is 2.15. The lowest BCUT2D eigenvalue weighted by Crippen LogP contribution is -2.32. The first-order valence-electron chi connectivity index (χ1n) is 5.81. The number of ether oxygens (including phenoxy) is 2. The van der Waals surface area contributed by atoms with Gasteiger partial charge in [0.05, 0.1) is 12.2 Å². The smallest absolute Gasteiger partial charge is 0.329 e. The Hall–Kier alpha value is -2.59. The Balaban J connectivity index is 2.23. The van der Waals surface area contributed by atoms with Gasteiger partial charge in [0.15, 0.2) is 6.61 Å². The first-order chi connectivity index (χ1) is 9.63. The molecule has 1 amide bonds. The predicted octanol–water partition coefficient (Wildman–Crippen LogP) is 0.154. The maximum Gasteiger partial charge on any atom is 0.329 e. The van der Waals surface area contributed by atoms with Crippen molar-refractivity contribution >= 4 is 11.9 Å². The van der Waals surface area contributed by atoms with Crippen molar-refractivity contribution in [2.45, 2.75) is 0 Å². The van der Waals surface area contributed by atoms with E-state index >= 15 is 0 Å². The first-order valence-corrected chi connectivity index (χ1v) is 5.81. The molecule has 0 fully saturated rings. The zero-order valence-corrected chi connectivity index (χ0v) is 10.7. The van der Waals surface area contributed by atoms with Crippen LogP contribution in [0.3, 0.4) is 0 Å². The van der Waals surface area contributed by atoms with Gasteiger partial charge in [0, 0.05) is 6.54 Å². The van der Waals surface area contributed by atoms with E-state index in [1.54, 1.807) is 24.3 Å². The zero-order chi connectivity index (χ0) is 14.8. The maximum atomic E-state index is 11.4. The summed E-state index contributed by atoms with van der Waals surface area (Å²) < 4.78 is 9.96. The van der Waals surface area contributed by atoms with Crippen molar-refractivity contribution in [1.82, 2.24) is 5.32 Å². The largest absolute Gasteiger partial charge is 0.482 e. The topological polar surface area (TPSA) is 109 Å². The number of carbonyl (C=O) groups is 2. The van der Waals surface area contributed by atoms with E-state index in [0.717, 1.165) is 0 Å². The highest BCUT2D eigenvalue weighted by molar-refractivity contribution is 5.77. The molecule has 0 aliphatic rings. The van der Waals surface area contributed by atoms with Gasteiger partial charge in [0.2, 0.25) is 0 Å². The number of nitrogens with one attached hydrogen (secondary N) is 1. The quantitative estimate of drug-likeness (QED) is 0.655. The van der Waals surface area contributed by atoms with Gasteiger partial charge < -0.3 is 19.9 Å². The molecule has 0 saturated heterocycles. The fraction of sp³-hybridized carbons (Fsp3) is 0.308. The second kappa shape index (κ2) is 8.50. The van der Waals surface area contributed by atoms with Crippen molar-refractivity contribution in [1.29, 1.82) is 5.26 Å². The molecule has 106 valence electrons. The van der Waals surface area contributed by atoms with Crippen LogP contribution in [0, 0.1) is 11.3 Å². The molecule has 0 atom stereocenters. The molecule has 7 nitrogen and oxygen atoms in total. The summed E-state index contributed by atoms with van der Waals surface area (Å²) in [6, 6.07) is 8.55. The maximum absolute atomic E-state index is 11.4. The first kappa shape index (κ1) is 15.5. The van der Waals surface area contributed by atoms with Gasteiger partial charge in [-0.05, 0) is 12.1 Å². The van der Waals surface area contributed by atoms with Crippen molar-refractivity contribution in [3.63, 3.8) is 0 Å². The number of hydrogen-bond donors (Lipinski definition) is 2. The summed E-state index contributed by atoms with van der Waals surface area (Å²) in [5.41, 5.74) is 0.352. The Labute approximate surface area is 115 Å². The van der Waals surface area contributed by atoms with Crippen LogP contribution < -0.4 is 10.1 Å². The average Bonchev–Trinajstić information content (AvgIpc) is 2.44. The molecule has 0 unspecified atom stereocenters. The molecule has 1 rings (SSSR count). The van der Waals surface area contributed by atoms with Crippen molar-refractivity contribution < 1.29 is 24.2 Å². The number of rotatable bonds is 8. The molecule has 1 aromatic carbocycles. The van der Waals surface area contributed by atoms with E-state index in [1.165, 1.54) is 0 Å².